The molecule has 3 nitrogen and oxygen atoms in total. The normalized spacial score (nSPS) is 9.62. The van der Waals surface area contributed by atoms with E-state index in [1.807, 2.05) is 6.07 Å². The molecule has 0 N–H and O–H groups in total. The highest BCUT2D eigenvalue weighted by molar-refractivity contribution is 6.42. The van der Waals surface area contributed by atoms with Crippen LogP contribution < -0.4 is 0 Å². The zero-order valence-corrected chi connectivity index (χ0v) is 10.2. The smallest absolute Gasteiger partial charge is 0.227 e. The number of hydrogen-bond donors (Lipinski definition) is 0. The van der Waals surface area contributed by atoms with Crippen LogP contribution in [0.3, 0.4) is 0 Å². The van der Waals surface area contributed by atoms with Crippen LogP contribution in [0.1, 0.15) is 5.56 Å². The molecule has 0 saturated heterocycles. The van der Waals surface area contributed by atoms with Crippen LogP contribution in [0.5, 0.6) is 0 Å². The molecule has 0 fully saturated rings. The first-order chi connectivity index (χ1) is 7.54. The highest BCUT2D eigenvalue weighted by Gasteiger charge is 2.09. The molecule has 0 aliphatic rings. The number of carbonyl (C=O) groups excluding carboxylic acids is 1. The Kier molecular flexibility index (Phi) is 4.60. The molecule has 0 bridgehead atoms. The van der Waals surface area contributed by atoms with E-state index in [0.29, 0.717) is 10.0 Å². The average Bonchev–Trinajstić information content (AvgIpc) is 2.24. The molecule has 1 rings (SSSR count). The molecule has 0 radical (unpaired) electrons. The maximum absolute atomic E-state index is 11.6. The van der Waals surface area contributed by atoms with Gasteiger partial charge in [0.15, 0.2) is 0 Å². The largest absolute Gasteiger partial charge is 0.332 e. The van der Waals surface area contributed by atoms with Crippen molar-refractivity contribution in [1.82, 2.24) is 4.90 Å². The lowest BCUT2D eigenvalue weighted by atomic mass is 10.1. The van der Waals surface area contributed by atoms with Crippen LogP contribution in [-0.4, -0.2) is 24.4 Å². The van der Waals surface area contributed by atoms with Gasteiger partial charge < -0.3 is 4.90 Å². The van der Waals surface area contributed by atoms with Crippen LogP contribution in [-0.2, 0) is 11.2 Å². The fraction of sp³-hybridized carbons (Fsp3) is 0.273. The number of halogens is 2. The van der Waals surface area contributed by atoms with E-state index in [1.165, 1.54) is 4.90 Å². The number of benzene rings is 1. The lowest BCUT2D eigenvalue weighted by Gasteiger charge is -2.12. The first kappa shape index (κ1) is 12.8. The number of likely N-dealkylation sites (N-methyl/N-ethyl adjacent to an activating group) is 1. The van der Waals surface area contributed by atoms with Crippen molar-refractivity contribution in [2.75, 3.05) is 13.6 Å². The molecule has 1 aromatic rings. The molecule has 0 aliphatic carbocycles. The maximum atomic E-state index is 11.6. The number of hydrogen-bond acceptors (Lipinski definition) is 2. The Morgan fingerprint density at radius 1 is 1.44 bits per heavy atom. The Morgan fingerprint density at radius 3 is 2.69 bits per heavy atom. The molecule has 1 amide bonds. The molecular formula is C11H10Cl2N2O. The van der Waals surface area contributed by atoms with E-state index in [-0.39, 0.29) is 18.9 Å². The lowest BCUT2D eigenvalue weighted by Crippen LogP contribution is -2.28. The van der Waals surface area contributed by atoms with Gasteiger partial charge in [-0.15, -0.1) is 0 Å². The Balaban J connectivity index is 2.70. The predicted molar refractivity (Wildman–Crippen MR) is 63.4 cm³/mol. The van der Waals surface area contributed by atoms with Crippen molar-refractivity contribution >= 4 is 29.1 Å². The van der Waals surface area contributed by atoms with E-state index in [4.69, 9.17) is 28.5 Å². The second-order valence-electron chi connectivity index (χ2n) is 3.33. The summed E-state index contributed by atoms with van der Waals surface area (Å²) in [6, 6.07) is 6.96. The number of nitriles is 1. The second kappa shape index (κ2) is 5.74. The summed E-state index contributed by atoms with van der Waals surface area (Å²) in [4.78, 5) is 13.0. The van der Waals surface area contributed by atoms with Crippen LogP contribution in [0.2, 0.25) is 10.0 Å². The SMILES string of the molecule is CN(CC#N)C(=O)Cc1ccc(Cl)c(Cl)c1. The van der Waals surface area contributed by atoms with E-state index in [0.717, 1.165) is 5.56 Å². The topological polar surface area (TPSA) is 44.1 Å². The summed E-state index contributed by atoms with van der Waals surface area (Å²) < 4.78 is 0. The summed E-state index contributed by atoms with van der Waals surface area (Å²) in [6.07, 6.45) is 0.217. The van der Waals surface area contributed by atoms with Gasteiger partial charge in [-0.1, -0.05) is 29.3 Å². The van der Waals surface area contributed by atoms with E-state index in [9.17, 15) is 4.79 Å². The number of carbonyl (C=O) groups is 1. The summed E-state index contributed by atoms with van der Waals surface area (Å²) in [5.74, 6) is -0.125. The predicted octanol–water partition coefficient (Wildman–Crippen LogP) is 2.52. The molecule has 84 valence electrons. The van der Waals surface area contributed by atoms with Crippen molar-refractivity contribution in [1.29, 1.82) is 5.26 Å². The van der Waals surface area contributed by atoms with Crippen LogP contribution in [0.15, 0.2) is 18.2 Å². The Labute approximate surface area is 104 Å². The molecule has 1 aromatic carbocycles. The van der Waals surface area contributed by atoms with Gasteiger partial charge in [0.1, 0.15) is 6.54 Å². The zero-order valence-electron chi connectivity index (χ0n) is 8.70. The summed E-state index contributed by atoms with van der Waals surface area (Å²) in [5, 5.41) is 9.34. The number of amides is 1. The van der Waals surface area contributed by atoms with Gasteiger partial charge in [0.2, 0.25) is 5.91 Å². The molecular weight excluding hydrogens is 247 g/mol. The molecule has 0 saturated carbocycles. The first-order valence-corrected chi connectivity index (χ1v) is 5.35. The summed E-state index contributed by atoms with van der Waals surface area (Å²) in [7, 11) is 1.59. The third-order valence-electron chi connectivity index (χ3n) is 2.07. The highest BCUT2D eigenvalue weighted by Crippen LogP contribution is 2.22. The Hall–Kier alpha value is -1.24. The fourth-order valence-corrected chi connectivity index (χ4v) is 1.47. The highest BCUT2D eigenvalue weighted by atomic mass is 35.5. The fourth-order valence-electron chi connectivity index (χ4n) is 1.15. The minimum atomic E-state index is -0.125. The van der Waals surface area contributed by atoms with Gasteiger partial charge >= 0.3 is 0 Å². The minimum Gasteiger partial charge on any atom is -0.332 e. The van der Waals surface area contributed by atoms with Gasteiger partial charge in [-0.3, -0.25) is 4.79 Å². The third-order valence-corrected chi connectivity index (χ3v) is 2.81. The molecule has 0 atom stereocenters. The van der Waals surface area contributed by atoms with Crippen LogP contribution >= 0.6 is 23.2 Å². The van der Waals surface area contributed by atoms with E-state index >= 15 is 0 Å². The van der Waals surface area contributed by atoms with Crippen molar-refractivity contribution in [3.63, 3.8) is 0 Å². The van der Waals surface area contributed by atoms with E-state index in [1.54, 1.807) is 25.2 Å². The van der Waals surface area contributed by atoms with E-state index < -0.39 is 0 Å². The molecule has 5 heteroatoms. The summed E-state index contributed by atoms with van der Waals surface area (Å²) in [5.41, 5.74) is 0.782. The lowest BCUT2D eigenvalue weighted by molar-refractivity contribution is -0.128. The van der Waals surface area contributed by atoms with Crippen molar-refractivity contribution in [3.8, 4) is 6.07 Å². The van der Waals surface area contributed by atoms with Crippen molar-refractivity contribution in [2.45, 2.75) is 6.42 Å². The maximum Gasteiger partial charge on any atom is 0.227 e. The summed E-state index contributed by atoms with van der Waals surface area (Å²) in [6.45, 7) is 0.0835. The van der Waals surface area contributed by atoms with Gasteiger partial charge in [0.25, 0.3) is 0 Å². The van der Waals surface area contributed by atoms with Gasteiger partial charge in [-0.2, -0.15) is 5.26 Å². The average molecular weight is 257 g/mol. The monoisotopic (exact) mass is 256 g/mol. The van der Waals surface area contributed by atoms with E-state index in [2.05, 4.69) is 0 Å². The zero-order chi connectivity index (χ0) is 12.1. The van der Waals surface area contributed by atoms with Crippen LogP contribution in [0, 0.1) is 11.3 Å². The molecule has 0 spiro atoms. The Bertz CT molecular complexity index is 440. The minimum absolute atomic E-state index is 0.0835. The molecule has 0 heterocycles. The van der Waals surface area contributed by atoms with Crippen LogP contribution in [0.25, 0.3) is 0 Å². The number of nitrogens with zero attached hydrogens (tertiary/aromatic N) is 2. The van der Waals surface area contributed by atoms with Gasteiger partial charge in [0, 0.05) is 7.05 Å². The van der Waals surface area contributed by atoms with Gasteiger partial charge in [-0.25, -0.2) is 0 Å². The third kappa shape index (κ3) is 3.41. The molecule has 0 aromatic heterocycles. The van der Waals surface area contributed by atoms with Crippen molar-refractivity contribution in [3.05, 3.63) is 33.8 Å². The van der Waals surface area contributed by atoms with Crippen molar-refractivity contribution < 1.29 is 4.79 Å². The van der Waals surface area contributed by atoms with Crippen LogP contribution in [0.4, 0.5) is 0 Å². The summed E-state index contributed by atoms with van der Waals surface area (Å²) >= 11 is 11.6. The van der Waals surface area contributed by atoms with Gasteiger partial charge in [-0.05, 0) is 17.7 Å². The molecule has 0 aliphatic heterocycles. The van der Waals surface area contributed by atoms with Crippen molar-refractivity contribution in [2.24, 2.45) is 0 Å². The van der Waals surface area contributed by atoms with Gasteiger partial charge in [0.05, 0.1) is 22.5 Å². The number of rotatable bonds is 3. The Morgan fingerprint density at radius 2 is 2.12 bits per heavy atom. The first-order valence-electron chi connectivity index (χ1n) is 4.59. The second-order valence-corrected chi connectivity index (χ2v) is 4.15. The molecule has 0 unspecified atom stereocenters. The standard InChI is InChI=1S/C11H10Cl2N2O/c1-15(5-4-14)11(16)7-8-2-3-9(12)10(13)6-8/h2-3,6H,5,7H2,1H3. The quantitative estimate of drug-likeness (QED) is 0.781. The molecule has 16 heavy (non-hydrogen) atoms.